The summed E-state index contributed by atoms with van der Waals surface area (Å²) >= 11 is 0. The molecule has 10 heteroatoms. The zero-order chi connectivity index (χ0) is 29.4. The number of amides is 1. The second-order valence-corrected chi connectivity index (χ2v) is 14.7. The van der Waals surface area contributed by atoms with E-state index in [2.05, 4.69) is 40.9 Å². The van der Waals surface area contributed by atoms with Gasteiger partial charge in [0, 0.05) is 47.9 Å². The topological polar surface area (TPSA) is 107 Å². The summed E-state index contributed by atoms with van der Waals surface area (Å²) in [5.41, 5.74) is 0.239. The van der Waals surface area contributed by atoms with E-state index in [1.54, 1.807) is 18.6 Å². The Balaban J connectivity index is 1.14. The minimum atomic E-state index is -1.03. The standard InChI is InChI=1S/C32H39FN6O3/c1-28(2,3)26-37-25(38-42-26)31-9-6-29(7-10-31,8-11-31)20-39(24(40)14-30-17-32(33,18-30)19-30)23-13-21(5-12-34-23)22-15-35-27(41-4)36-16-22/h5,12-13,15-16H,6-11,14,17-20H2,1-4H3. The molecule has 1 amide bonds. The fourth-order valence-corrected chi connectivity index (χ4v) is 7.99. The number of methoxy groups -OCH3 is 1. The molecule has 0 spiro atoms. The van der Waals surface area contributed by atoms with Gasteiger partial charge < -0.3 is 9.26 Å². The van der Waals surface area contributed by atoms with Crippen LogP contribution < -0.4 is 9.64 Å². The molecule has 0 saturated heterocycles. The molecule has 0 atom stereocenters. The van der Waals surface area contributed by atoms with Gasteiger partial charge in [0.05, 0.1) is 7.11 Å². The van der Waals surface area contributed by atoms with Crippen LogP contribution in [0.3, 0.4) is 0 Å². The van der Waals surface area contributed by atoms with Crippen molar-refractivity contribution in [2.45, 2.75) is 101 Å². The van der Waals surface area contributed by atoms with Crippen LogP contribution in [0.5, 0.6) is 6.01 Å². The lowest BCUT2D eigenvalue weighted by Crippen LogP contribution is -2.65. The molecule has 9 nitrogen and oxygen atoms in total. The highest BCUT2D eigenvalue weighted by molar-refractivity contribution is 5.94. The van der Waals surface area contributed by atoms with Crippen LogP contribution in [0.2, 0.25) is 0 Å². The van der Waals surface area contributed by atoms with Gasteiger partial charge in [-0.05, 0) is 86.3 Å². The Morgan fingerprint density at radius 2 is 1.67 bits per heavy atom. The number of carbonyl (C=O) groups excluding carboxylic acids is 1. The zero-order valence-corrected chi connectivity index (χ0v) is 25.0. The van der Waals surface area contributed by atoms with E-state index in [0.29, 0.717) is 49.9 Å². The third-order valence-corrected chi connectivity index (χ3v) is 10.5. The van der Waals surface area contributed by atoms with Gasteiger partial charge in [-0.2, -0.15) is 4.98 Å². The van der Waals surface area contributed by atoms with Crippen molar-refractivity contribution in [3.63, 3.8) is 0 Å². The molecular weight excluding hydrogens is 535 g/mol. The summed E-state index contributed by atoms with van der Waals surface area (Å²) in [6.45, 7) is 6.87. The van der Waals surface area contributed by atoms with Gasteiger partial charge in [0.15, 0.2) is 5.82 Å². The third kappa shape index (κ3) is 4.57. The number of pyridine rings is 1. The smallest absolute Gasteiger partial charge is 0.316 e. The normalized spacial score (nSPS) is 31.3. The van der Waals surface area contributed by atoms with E-state index in [1.807, 2.05) is 17.0 Å². The number of ether oxygens (including phenoxy) is 1. The molecule has 0 radical (unpaired) electrons. The van der Waals surface area contributed by atoms with Crippen LogP contribution in [0, 0.1) is 10.8 Å². The zero-order valence-electron chi connectivity index (χ0n) is 25.0. The van der Waals surface area contributed by atoms with Gasteiger partial charge in [0.1, 0.15) is 11.5 Å². The van der Waals surface area contributed by atoms with Crippen molar-refractivity contribution in [1.82, 2.24) is 25.1 Å². The van der Waals surface area contributed by atoms with Gasteiger partial charge in [-0.1, -0.05) is 25.9 Å². The molecule has 0 unspecified atom stereocenters. The number of fused-ring (bicyclic) bond motifs is 3. The predicted octanol–water partition coefficient (Wildman–Crippen LogP) is 6.14. The molecule has 3 aromatic heterocycles. The second-order valence-electron chi connectivity index (χ2n) is 14.7. The first kappa shape index (κ1) is 27.4. The number of carbonyl (C=O) groups is 1. The van der Waals surface area contributed by atoms with Gasteiger partial charge >= 0.3 is 6.01 Å². The van der Waals surface area contributed by atoms with Crippen LogP contribution in [0.25, 0.3) is 11.1 Å². The van der Waals surface area contributed by atoms with Crippen LogP contribution >= 0.6 is 0 Å². The van der Waals surface area contributed by atoms with E-state index < -0.39 is 5.67 Å². The quantitative estimate of drug-likeness (QED) is 0.316. The Labute approximate surface area is 245 Å². The van der Waals surface area contributed by atoms with E-state index in [-0.39, 0.29) is 27.6 Å². The number of aromatic nitrogens is 5. The van der Waals surface area contributed by atoms with Crippen molar-refractivity contribution in [2.75, 3.05) is 18.6 Å². The molecule has 9 rings (SSSR count). The highest BCUT2D eigenvalue weighted by Gasteiger charge is 2.69. The Hall–Kier alpha value is -3.43. The van der Waals surface area contributed by atoms with Crippen molar-refractivity contribution in [3.05, 3.63) is 42.4 Å². The summed E-state index contributed by atoms with van der Waals surface area (Å²) in [5, 5.41) is 4.44. The SMILES string of the molecule is COc1ncc(-c2ccnc(N(CC34CCC(c5noc(C(C)(C)C)n5)(CC3)CC4)C(=O)CC34CC(F)(C3)C4)c2)cn1. The van der Waals surface area contributed by atoms with Crippen molar-refractivity contribution in [3.8, 4) is 17.1 Å². The van der Waals surface area contributed by atoms with Gasteiger partial charge in [-0.15, -0.1) is 0 Å². The summed E-state index contributed by atoms with van der Waals surface area (Å²) < 4.78 is 25.1. The first-order valence-corrected chi connectivity index (χ1v) is 15.1. The maximum absolute atomic E-state index is 14.3. The van der Waals surface area contributed by atoms with E-state index in [4.69, 9.17) is 14.2 Å². The van der Waals surface area contributed by atoms with Crippen LogP contribution in [0.15, 0.2) is 35.2 Å². The van der Waals surface area contributed by atoms with E-state index >= 15 is 0 Å². The number of rotatable bonds is 8. The maximum atomic E-state index is 14.3. The molecule has 6 aliphatic carbocycles. The third-order valence-electron chi connectivity index (χ3n) is 10.5. The van der Waals surface area contributed by atoms with Crippen LogP contribution in [0.4, 0.5) is 10.2 Å². The molecule has 4 bridgehead atoms. The summed E-state index contributed by atoms with van der Waals surface area (Å²) in [7, 11) is 1.53. The fourth-order valence-electron chi connectivity index (χ4n) is 7.99. The van der Waals surface area contributed by atoms with Gasteiger partial charge in [0.25, 0.3) is 0 Å². The first-order valence-electron chi connectivity index (χ1n) is 15.1. The Morgan fingerprint density at radius 3 is 2.24 bits per heavy atom. The average molecular weight is 575 g/mol. The summed E-state index contributed by atoms with van der Waals surface area (Å²) in [6.07, 6.45) is 12.9. The van der Waals surface area contributed by atoms with E-state index in [0.717, 1.165) is 55.5 Å². The van der Waals surface area contributed by atoms with Crippen molar-refractivity contribution < 1.29 is 18.4 Å². The van der Waals surface area contributed by atoms with Crippen LogP contribution in [-0.2, 0) is 15.6 Å². The molecule has 3 heterocycles. The summed E-state index contributed by atoms with van der Waals surface area (Å²) in [5.74, 6) is 2.19. The molecule has 42 heavy (non-hydrogen) atoms. The van der Waals surface area contributed by atoms with Crippen molar-refractivity contribution in [1.29, 1.82) is 0 Å². The highest BCUT2D eigenvalue weighted by atomic mass is 19.1. The molecule has 6 saturated carbocycles. The number of anilines is 1. The lowest BCUT2D eigenvalue weighted by Gasteiger charge is -2.66. The molecule has 0 aliphatic heterocycles. The van der Waals surface area contributed by atoms with Crippen molar-refractivity contribution in [2.24, 2.45) is 10.8 Å². The van der Waals surface area contributed by atoms with E-state index in [1.165, 1.54) is 7.11 Å². The Kier molecular flexibility index (Phi) is 6.06. The van der Waals surface area contributed by atoms with Crippen molar-refractivity contribution >= 4 is 11.7 Å². The molecule has 0 N–H and O–H groups in total. The van der Waals surface area contributed by atoms with Gasteiger partial charge in [-0.25, -0.2) is 19.3 Å². The molecule has 222 valence electrons. The largest absolute Gasteiger partial charge is 0.467 e. The Bertz CT molecular complexity index is 1470. The monoisotopic (exact) mass is 574 g/mol. The van der Waals surface area contributed by atoms with Gasteiger partial charge in [0.2, 0.25) is 11.8 Å². The first-order chi connectivity index (χ1) is 19.9. The van der Waals surface area contributed by atoms with E-state index in [9.17, 15) is 9.18 Å². The number of hydrogen-bond donors (Lipinski definition) is 0. The molecular formula is C32H39FN6O3. The molecule has 3 aromatic rings. The van der Waals surface area contributed by atoms with Crippen LogP contribution in [0.1, 0.15) is 96.7 Å². The summed E-state index contributed by atoms with van der Waals surface area (Å²) in [4.78, 5) is 33.9. The average Bonchev–Trinajstić information content (AvgIpc) is 3.48. The lowest BCUT2D eigenvalue weighted by atomic mass is 9.41. The predicted molar refractivity (Wildman–Crippen MR) is 154 cm³/mol. The molecule has 0 aromatic carbocycles. The second kappa shape index (κ2) is 9.28. The highest BCUT2D eigenvalue weighted by Crippen LogP contribution is 2.71. The maximum Gasteiger partial charge on any atom is 0.316 e. The molecule has 6 fully saturated rings. The number of nitrogens with zero attached hydrogens (tertiary/aromatic N) is 6. The molecule has 6 aliphatic rings. The number of hydrogen-bond acceptors (Lipinski definition) is 8. The van der Waals surface area contributed by atoms with Crippen LogP contribution in [-0.4, -0.2) is 50.3 Å². The fraction of sp³-hybridized carbons (Fsp3) is 0.625. The number of halogens is 1. The minimum Gasteiger partial charge on any atom is -0.467 e. The summed E-state index contributed by atoms with van der Waals surface area (Å²) in [6, 6.07) is 4.15. The number of alkyl halides is 1. The van der Waals surface area contributed by atoms with Gasteiger partial charge in [-0.3, -0.25) is 9.69 Å². The lowest BCUT2D eigenvalue weighted by molar-refractivity contribution is -0.215. The Morgan fingerprint density at radius 1 is 1.00 bits per heavy atom. The minimum absolute atomic E-state index is 0.00431.